The number of nitrogens with zero attached hydrogens (tertiary/aromatic N) is 1. The van der Waals surface area contributed by atoms with Gasteiger partial charge in [0.25, 0.3) is 5.69 Å². The van der Waals surface area contributed by atoms with E-state index in [0.29, 0.717) is 5.69 Å². The van der Waals surface area contributed by atoms with Crippen molar-refractivity contribution in [1.29, 1.82) is 0 Å². The van der Waals surface area contributed by atoms with Gasteiger partial charge in [-0.1, -0.05) is 18.2 Å². The Labute approximate surface area is 157 Å². The van der Waals surface area contributed by atoms with Gasteiger partial charge in [0.1, 0.15) is 17.2 Å². The van der Waals surface area contributed by atoms with Crippen LogP contribution < -0.4 is 5.32 Å². The molecule has 8 heteroatoms. The normalized spacial score (nSPS) is 12.3. The number of nitrogens with one attached hydrogen (secondary N) is 1. The lowest BCUT2D eigenvalue weighted by Crippen LogP contribution is -2.23. The number of nitro benzene ring substituents is 1. The molecule has 3 aromatic rings. The molecule has 0 heterocycles. The number of benzene rings is 3. The molecular weight excluding hydrogens is 364 g/mol. The summed E-state index contributed by atoms with van der Waals surface area (Å²) in [5, 5.41) is 34.3. The number of hydrogen-bond acceptors (Lipinski definition) is 7. The van der Waals surface area contributed by atoms with Crippen molar-refractivity contribution in [3.63, 3.8) is 0 Å². The zero-order valence-electron chi connectivity index (χ0n) is 14.2. The van der Waals surface area contributed by atoms with Gasteiger partial charge in [0, 0.05) is 16.8 Å². The van der Waals surface area contributed by atoms with Gasteiger partial charge in [-0.3, -0.25) is 19.7 Å². The Balaban J connectivity index is 2.02. The molecular formula is C20H12N2O6. The SMILES string of the molecule is O=C1c2cc(O)ccc2C(=O)c2c(Nc3ccccc3)c([N+](=O)[O-])cc(O)c21. The van der Waals surface area contributed by atoms with Gasteiger partial charge in [0.15, 0.2) is 11.6 Å². The van der Waals surface area contributed by atoms with E-state index in [9.17, 15) is 29.9 Å². The molecule has 0 aliphatic heterocycles. The van der Waals surface area contributed by atoms with E-state index in [1.807, 2.05) is 0 Å². The number of rotatable bonds is 3. The minimum Gasteiger partial charge on any atom is -0.508 e. The lowest BCUT2D eigenvalue weighted by atomic mass is 9.82. The second-order valence-electron chi connectivity index (χ2n) is 6.18. The number of phenols is 2. The van der Waals surface area contributed by atoms with Crippen molar-refractivity contribution in [2.24, 2.45) is 0 Å². The number of hydrogen-bond donors (Lipinski definition) is 3. The van der Waals surface area contributed by atoms with Crippen LogP contribution in [-0.2, 0) is 0 Å². The molecule has 0 saturated heterocycles. The summed E-state index contributed by atoms with van der Waals surface area (Å²) in [6.07, 6.45) is 0. The summed E-state index contributed by atoms with van der Waals surface area (Å²) in [6, 6.07) is 12.9. The summed E-state index contributed by atoms with van der Waals surface area (Å²) < 4.78 is 0. The smallest absolute Gasteiger partial charge is 0.297 e. The second-order valence-corrected chi connectivity index (χ2v) is 6.18. The minimum absolute atomic E-state index is 0.00805. The number of anilines is 2. The molecule has 0 atom stereocenters. The molecule has 0 amide bonds. The lowest BCUT2D eigenvalue weighted by molar-refractivity contribution is -0.384. The number of ketones is 2. The van der Waals surface area contributed by atoms with Crippen LogP contribution >= 0.6 is 0 Å². The Hall–Kier alpha value is -4.20. The van der Waals surface area contributed by atoms with Crippen LogP contribution in [-0.4, -0.2) is 26.7 Å². The average Bonchev–Trinajstić information content (AvgIpc) is 2.67. The first-order valence-corrected chi connectivity index (χ1v) is 8.17. The summed E-state index contributed by atoms with van der Waals surface area (Å²) in [5.41, 5.74) is -0.954. The highest BCUT2D eigenvalue weighted by Gasteiger charge is 2.38. The first-order valence-electron chi connectivity index (χ1n) is 8.17. The number of phenolic OH excluding ortho intramolecular Hbond substituents is 2. The van der Waals surface area contributed by atoms with Crippen molar-refractivity contribution in [3.05, 3.63) is 87.0 Å². The molecule has 0 radical (unpaired) electrons. The maximum atomic E-state index is 13.1. The summed E-state index contributed by atoms with van der Waals surface area (Å²) >= 11 is 0. The van der Waals surface area contributed by atoms with E-state index in [1.165, 1.54) is 12.1 Å². The maximum absolute atomic E-state index is 13.1. The van der Waals surface area contributed by atoms with E-state index in [2.05, 4.69) is 5.32 Å². The standard InChI is InChI=1S/C20H12N2O6/c23-11-6-7-12-13(8-11)20(26)16-15(24)9-14(22(27)28)18(17(16)19(12)25)21-10-4-2-1-3-5-10/h1-9,21,23-24H. The van der Waals surface area contributed by atoms with E-state index in [1.54, 1.807) is 30.3 Å². The molecule has 0 bridgehead atoms. The average molecular weight is 376 g/mol. The van der Waals surface area contributed by atoms with Crippen LogP contribution in [0.1, 0.15) is 31.8 Å². The molecule has 8 nitrogen and oxygen atoms in total. The molecule has 0 unspecified atom stereocenters. The summed E-state index contributed by atoms with van der Waals surface area (Å²) in [4.78, 5) is 36.8. The molecule has 3 aromatic carbocycles. The van der Waals surface area contributed by atoms with Crippen molar-refractivity contribution in [1.82, 2.24) is 0 Å². The Kier molecular flexibility index (Phi) is 3.82. The zero-order valence-corrected chi connectivity index (χ0v) is 14.2. The van der Waals surface area contributed by atoms with Crippen LogP contribution in [0.4, 0.5) is 17.1 Å². The number of fused-ring (bicyclic) bond motifs is 2. The molecule has 0 saturated carbocycles. The van der Waals surface area contributed by atoms with Gasteiger partial charge in [-0.15, -0.1) is 0 Å². The predicted octanol–water partition coefficient (Wildman–Crippen LogP) is 3.53. The van der Waals surface area contributed by atoms with Crippen LogP contribution in [0.25, 0.3) is 0 Å². The number of aromatic hydroxyl groups is 2. The lowest BCUT2D eigenvalue weighted by Gasteiger charge is -2.22. The number of para-hydroxylation sites is 1. The van der Waals surface area contributed by atoms with Crippen molar-refractivity contribution < 1.29 is 24.7 Å². The maximum Gasteiger partial charge on any atom is 0.297 e. The molecule has 1 aliphatic carbocycles. The second kappa shape index (κ2) is 6.20. The van der Waals surface area contributed by atoms with Gasteiger partial charge in [-0.25, -0.2) is 0 Å². The minimum atomic E-state index is -0.741. The van der Waals surface area contributed by atoms with Crippen molar-refractivity contribution in [2.75, 3.05) is 5.32 Å². The van der Waals surface area contributed by atoms with E-state index in [-0.39, 0.29) is 33.7 Å². The zero-order chi connectivity index (χ0) is 20.0. The van der Waals surface area contributed by atoms with Crippen molar-refractivity contribution in [2.45, 2.75) is 0 Å². The van der Waals surface area contributed by atoms with Gasteiger partial charge >= 0.3 is 0 Å². The highest BCUT2D eigenvalue weighted by atomic mass is 16.6. The summed E-state index contributed by atoms with van der Waals surface area (Å²) in [5.74, 6) is -2.26. The van der Waals surface area contributed by atoms with Gasteiger partial charge in [0.2, 0.25) is 0 Å². The number of carbonyl (C=O) groups excluding carboxylic acids is 2. The Bertz CT molecular complexity index is 1170. The summed E-state index contributed by atoms with van der Waals surface area (Å²) in [7, 11) is 0. The van der Waals surface area contributed by atoms with Gasteiger partial charge in [-0.2, -0.15) is 0 Å². The van der Waals surface area contributed by atoms with Gasteiger partial charge in [-0.05, 0) is 30.3 Å². The third-order valence-electron chi connectivity index (χ3n) is 4.47. The van der Waals surface area contributed by atoms with Crippen LogP contribution in [0.3, 0.4) is 0 Å². The molecule has 0 spiro atoms. The largest absolute Gasteiger partial charge is 0.508 e. The van der Waals surface area contributed by atoms with E-state index in [4.69, 9.17) is 0 Å². The topological polar surface area (TPSA) is 130 Å². The fourth-order valence-electron chi connectivity index (χ4n) is 3.24. The van der Waals surface area contributed by atoms with Crippen molar-refractivity contribution in [3.8, 4) is 11.5 Å². The van der Waals surface area contributed by atoms with E-state index in [0.717, 1.165) is 12.1 Å². The molecule has 0 fully saturated rings. The van der Waals surface area contributed by atoms with E-state index >= 15 is 0 Å². The highest BCUT2D eigenvalue weighted by molar-refractivity contribution is 6.31. The Morgan fingerprint density at radius 2 is 1.54 bits per heavy atom. The Morgan fingerprint density at radius 1 is 0.857 bits per heavy atom. The summed E-state index contributed by atoms with van der Waals surface area (Å²) in [6.45, 7) is 0. The highest BCUT2D eigenvalue weighted by Crippen LogP contribution is 2.43. The Morgan fingerprint density at radius 3 is 2.21 bits per heavy atom. The first-order chi connectivity index (χ1) is 13.4. The fourth-order valence-corrected chi connectivity index (χ4v) is 3.24. The molecule has 3 N–H and O–H groups in total. The van der Waals surface area contributed by atoms with Gasteiger partial charge < -0.3 is 15.5 Å². The van der Waals surface area contributed by atoms with E-state index < -0.39 is 27.9 Å². The molecule has 1 aliphatic rings. The monoisotopic (exact) mass is 376 g/mol. The predicted molar refractivity (Wildman–Crippen MR) is 99.5 cm³/mol. The van der Waals surface area contributed by atoms with Crippen molar-refractivity contribution >= 4 is 28.6 Å². The van der Waals surface area contributed by atoms with Crippen LogP contribution in [0, 0.1) is 10.1 Å². The van der Waals surface area contributed by atoms with Crippen LogP contribution in [0.15, 0.2) is 54.6 Å². The molecule has 138 valence electrons. The molecule has 4 rings (SSSR count). The fraction of sp³-hybridized carbons (Fsp3) is 0. The van der Waals surface area contributed by atoms with Gasteiger partial charge in [0.05, 0.1) is 22.1 Å². The van der Waals surface area contributed by atoms with Crippen LogP contribution in [0.5, 0.6) is 11.5 Å². The molecule has 0 aromatic heterocycles. The molecule has 28 heavy (non-hydrogen) atoms. The van der Waals surface area contributed by atoms with Crippen LogP contribution in [0.2, 0.25) is 0 Å². The number of nitro groups is 1. The third kappa shape index (κ3) is 2.55. The quantitative estimate of drug-likeness (QED) is 0.283. The number of carbonyl (C=O) groups is 2. The third-order valence-corrected chi connectivity index (χ3v) is 4.47. The first kappa shape index (κ1) is 17.2.